The van der Waals surface area contributed by atoms with Crippen LogP contribution in [0.1, 0.15) is 35.0 Å². The standard InChI is InChI=1S/C18H17N5O/c19-10-16-21-17(11-5-7-20-8-6-11)18(22-16)14-9-15(23-24)13-4-2-1-3-12(13)14/h1-8,14,24H,9-10,19H2,(H,21,22)/b23-15-. The molecule has 2 heterocycles. The molecule has 0 bridgehead atoms. The van der Waals surface area contributed by atoms with Crippen LogP contribution in [0.5, 0.6) is 0 Å². The van der Waals surface area contributed by atoms with E-state index >= 15 is 0 Å². The minimum Gasteiger partial charge on any atom is -0.411 e. The van der Waals surface area contributed by atoms with Crippen molar-refractivity contribution < 1.29 is 5.21 Å². The van der Waals surface area contributed by atoms with E-state index in [9.17, 15) is 5.21 Å². The predicted molar refractivity (Wildman–Crippen MR) is 90.9 cm³/mol. The first-order valence-corrected chi connectivity index (χ1v) is 7.81. The second kappa shape index (κ2) is 5.90. The molecular formula is C18H17N5O. The molecule has 120 valence electrons. The summed E-state index contributed by atoms with van der Waals surface area (Å²) in [4.78, 5) is 12.1. The molecule has 0 spiro atoms. The van der Waals surface area contributed by atoms with Crippen LogP contribution >= 0.6 is 0 Å². The second-order valence-electron chi connectivity index (χ2n) is 5.78. The Labute approximate surface area is 139 Å². The van der Waals surface area contributed by atoms with Gasteiger partial charge in [0.15, 0.2) is 0 Å². The van der Waals surface area contributed by atoms with Crippen molar-refractivity contribution in [3.8, 4) is 11.3 Å². The van der Waals surface area contributed by atoms with Gasteiger partial charge in [0.25, 0.3) is 0 Å². The molecule has 4 N–H and O–H groups in total. The fourth-order valence-electron chi connectivity index (χ4n) is 3.35. The van der Waals surface area contributed by atoms with E-state index in [0.717, 1.165) is 33.9 Å². The highest BCUT2D eigenvalue weighted by Crippen LogP contribution is 2.41. The number of aromatic nitrogens is 3. The van der Waals surface area contributed by atoms with Crippen LogP contribution in [0.25, 0.3) is 11.3 Å². The number of nitrogens with zero attached hydrogens (tertiary/aromatic N) is 3. The largest absolute Gasteiger partial charge is 0.411 e. The lowest BCUT2D eigenvalue weighted by atomic mass is 9.94. The highest BCUT2D eigenvalue weighted by Gasteiger charge is 2.32. The fourth-order valence-corrected chi connectivity index (χ4v) is 3.35. The van der Waals surface area contributed by atoms with Gasteiger partial charge in [-0.05, 0) is 17.7 Å². The molecule has 0 saturated heterocycles. The molecule has 4 rings (SSSR count). The molecular weight excluding hydrogens is 302 g/mol. The summed E-state index contributed by atoms with van der Waals surface area (Å²) >= 11 is 0. The Morgan fingerprint density at radius 1 is 1.21 bits per heavy atom. The summed E-state index contributed by atoms with van der Waals surface area (Å²) in [6.07, 6.45) is 4.12. The zero-order chi connectivity index (χ0) is 16.5. The van der Waals surface area contributed by atoms with Gasteiger partial charge < -0.3 is 15.9 Å². The number of fused-ring (bicyclic) bond motifs is 1. The Morgan fingerprint density at radius 3 is 2.75 bits per heavy atom. The number of H-pyrrole nitrogens is 1. The third kappa shape index (κ3) is 2.28. The minimum absolute atomic E-state index is 0.0584. The maximum Gasteiger partial charge on any atom is 0.120 e. The normalized spacial score (nSPS) is 18.0. The Hall–Kier alpha value is -2.99. The highest BCUT2D eigenvalue weighted by molar-refractivity contribution is 6.05. The lowest BCUT2D eigenvalue weighted by molar-refractivity contribution is 0.318. The van der Waals surface area contributed by atoms with Crippen molar-refractivity contribution in [1.29, 1.82) is 0 Å². The number of aromatic amines is 1. The Bertz CT molecular complexity index is 901. The smallest absolute Gasteiger partial charge is 0.120 e. The van der Waals surface area contributed by atoms with E-state index in [1.54, 1.807) is 12.4 Å². The summed E-state index contributed by atoms with van der Waals surface area (Å²) in [5.41, 5.74) is 11.4. The molecule has 0 amide bonds. The first-order chi connectivity index (χ1) is 11.8. The molecule has 6 heteroatoms. The Morgan fingerprint density at radius 2 is 2.00 bits per heavy atom. The number of hydrogen-bond donors (Lipinski definition) is 3. The molecule has 1 aliphatic rings. The highest BCUT2D eigenvalue weighted by atomic mass is 16.4. The van der Waals surface area contributed by atoms with E-state index in [-0.39, 0.29) is 5.92 Å². The SMILES string of the molecule is NCc1nc(-c2ccncc2)c(C2C/C(=N/O)c3ccccc32)[nH]1. The van der Waals surface area contributed by atoms with E-state index in [1.165, 1.54) is 0 Å². The summed E-state index contributed by atoms with van der Waals surface area (Å²) in [7, 11) is 0. The second-order valence-corrected chi connectivity index (χ2v) is 5.78. The maximum atomic E-state index is 9.35. The van der Waals surface area contributed by atoms with Crippen LogP contribution < -0.4 is 5.73 Å². The van der Waals surface area contributed by atoms with Crippen molar-refractivity contribution >= 4 is 5.71 Å². The van der Waals surface area contributed by atoms with Gasteiger partial charge in [0, 0.05) is 35.9 Å². The van der Waals surface area contributed by atoms with Crippen LogP contribution in [-0.4, -0.2) is 25.9 Å². The number of benzene rings is 1. The van der Waals surface area contributed by atoms with Gasteiger partial charge in [0.05, 0.1) is 23.6 Å². The first-order valence-electron chi connectivity index (χ1n) is 7.81. The van der Waals surface area contributed by atoms with E-state index < -0.39 is 0 Å². The monoisotopic (exact) mass is 319 g/mol. The van der Waals surface area contributed by atoms with Crippen LogP contribution in [0, 0.1) is 0 Å². The molecule has 0 radical (unpaired) electrons. The van der Waals surface area contributed by atoms with Crippen molar-refractivity contribution in [3.63, 3.8) is 0 Å². The first kappa shape index (κ1) is 14.6. The lowest BCUT2D eigenvalue weighted by Crippen LogP contribution is -2.01. The van der Waals surface area contributed by atoms with Crippen molar-refractivity contribution in [2.45, 2.75) is 18.9 Å². The molecule has 1 aliphatic carbocycles. The number of hydrogen-bond acceptors (Lipinski definition) is 5. The van der Waals surface area contributed by atoms with Gasteiger partial charge in [-0.2, -0.15) is 0 Å². The number of nitrogens with one attached hydrogen (secondary N) is 1. The van der Waals surface area contributed by atoms with Gasteiger partial charge in [0.2, 0.25) is 0 Å². The molecule has 1 unspecified atom stereocenters. The summed E-state index contributed by atoms with van der Waals surface area (Å²) in [5, 5.41) is 12.8. The van der Waals surface area contributed by atoms with Crippen molar-refractivity contribution in [1.82, 2.24) is 15.0 Å². The van der Waals surface area contributed by atoms with E-state index in [1.807, 2.05) is 30.3 Å². The van der Waals surface area contributed by atoms with Crippen LogP contribution in [0.3, 0.4) is 0 Å². The molecule has 6 nitrogen and oxygen atoms in total. The van der Waals surface area contributed by atoms with Gasteiger partial charge in [-0.15, -0.1) is 0 Å². The van der Waals surface area contributed by atoms with E-state index in [2.05, 4.69) is 26.2 Å². The fraction of sp³-hybridized carbons (Fsp3) is 0.167. The zero-order valence-corrected chi connectivity index (χ0v) is 13.0. The average Bonchev–Trinajstić information content (AvgIpc) is 3.23. The van der Waals surface area contributed by atoms with Crippen LogP contribution in [-0.2, 0) is 6.54 Å². The van der Waals surface area contributed by atoms with Crippen LogP contribution in [0.2, 0.25) is 0 Å². The zero-order valence-electron chi connectivity index (χ0n) is 13.0. The van der Waals surface area contributed by atoms with Crippen molar-refractivity contribution in [3.05, 3.63) is 71.4 Å². The van der Waals surface area contributed by atoms with Crippen molar-refractivity contribution in [2.24, 2.45) is 10.9 Å². The van der Waals surface area contributed by atoms with Crippen LogP contribution in [0.4, 0.5) is 0 Å². The molecule has 1 atom stereocenters. The van der Waals surface area contributed by atoms with Gasteiger partial charge in [-0.3, -0.25) is 4.98 Å². The number of oxime groups is 1. The number of rotatable bonds is 3. The molecule has 1 aromatic carbocycles. The van der Waals surface area contributed by atoms with Gasteiger partial charge in [-0.25, -0.2) is 4.98 Å². The summed E-state index contributed by atoms with van der Waals surface area (Å²) in [6.45, 7) is 0.341. The molecule has 24 heavy (non-hydrogen) atoms. The quantitative estimate of drug-likeness (QED) is 0.510. The van der Waals surface area contributed by atoms with Crippen LogP contribution in [0.15, 0.2) is 53.9 Å². The number of imidazole rings is 1. The van der Waals surface area contributed by atoms with E-state index in [4.69, 9.17) is 5.73 Å². The average molecular weight is 319 g/mol. The maximum absolute atomic E-state index is 9.35. The number of nitrogens with two attached hydrogens (primary N) is 1. The molecule has 2 aromatic heterocycles. The topological polar surface area (TPSA) is 100 Å². The Balaban J connectivity index is 1.88. The number of pyridine rings is 1. The molecule has 0 saturated carbocycles. The Kier molecular flexibility index (Phi) is 3.59. The summed E-state index contributed by atoms with van der Waals surface area (Å²) in [6, 6.07) is 11.9. The predicted octanol–water partition coefficient (Wildman–Crippen LogP) is 2.64. The van der Waals surface area contributed by atoms with Crippen molar-refractivity contribution in [2.75, 3.05) is 0 Å². The third-order valence-electron chi connectivity index (χ3n) is 4.44. The summed E-state index contributed by atoms with van der Waals surface area (Å²) in [5.74, 6) is 0.798. The lowest BCUT2D eigenvalue weighted by Gasteiger charge is -2.11. The molecule has 3 aromatic rings. The van der Waals surface area contributed by atoms with Gasteiger partial charge in [-0.1, -0.05) is 29.4 Å². The molecule has 0 fully saturated rings. The summed E-state index contributed by atoms with van der Waals surface area (Å²) < 4.78 is 0. The van der Waals surface area contributed by atoms with Gasteiger partial charge in [0.1, 0.15) is 5.82 Å². The molecule has 0 aliphatic heterocycles. The van der Waals surface area contributed by atoms with Gasteiger partial charge >= 0.3 is 0 Å². The third-order valence-corrected chi connectivity index (χ3v) is 4.44. The minimum atomic E-state index is 0.0584. The van der Waals surface area contributed by atoms with E-state index in [0.29, 0.717) is 18.7 Å².